The molecule has 1 N–H and O–H groups in total. The third-order valence-corrected chi connectivity index (χ3v) is 6.27. The van der Waals surface area contributed by atoms with E-state index in [2.05, 4.69) is 70.6 Å². The van der Waals surface area contributed by atoms with E-state index in [9.17, 15) is 0 Å². The van der Waals surface area contributed by atoms with Gasteiger partial charge in [0.1, 0.15) is 12.1 Å². The van der Waals surface area contributed by atoms with Gasteiger partial charge < -0.3 is 10.2 Å². The molecule has 4 rings (SSSR count). The number of benzene rings is 1. The fourth-order valence-corrected chi connectivity index (χ4v) is 4.31. The highest BCUT2D eigenvalue weighted by Crippen LogP contribution is 2.30. The summed E-state index contributed by atoms with van der Waals surface area (Å²) < 4.78 is 1.92. The molecule has 1 aromatic carbocycles. The molecule has 0 bridgehead atoms. The molecular formula is C25H30N6S. The summed E-state index contributed by atoms with van der Waals surface area (Å²) in [6, 6.07) is 10.7. The predicted octanol–water partition coefficient (Wildman–Crippen LogP) is 6.38. The van der Waals surface area contributed by atoms with E-state index in [1.807, 2.05) is 30.0 Å². The zero-order valence-corrected chi connectivity index (χ0v) is 20.0. The number of aromatic nitrogens is 4. The van der Waals surface area contributed by atoms with Gasteiger partial charge in [0.2, 0.25) is 0 Å². The molecule has 166 valence electrons. The van der Waals surface area contributed by atoms with Gasteiger partial charge in [-0.2, -0.15) is 0 Å². The van der Waals surface area contributed by atoms with Crippen molar-refractivity contribution in [1.29, 1.82) is 0 Å². The number of nitrogens with one attached hydrogen (secondary N) is 1. The summed E-state index contributed by atoms with van der Waals surface area (Å²) in [6.45, 7) is 10.6. The van der Waals surface area contributed by atoms with Gasteiger partial charge >= 0.3 is 0 Å². The van der Waals surface area contributed by atoms with Crippen LogP contribution in [-0.2, 0) is 0 Å². The Labute approximate surface area is 194 Å². The van der Waals surface area contributed by atoms with Crippen molar-refractivity contribution >= 4 is 27.8 Å². The number of pyridine rings is 1. The molecular weight excluding hydrogens is 416 g/mol. The first-order valence-electron chi connectivity index (χ1n) is 11.1. The smallest absolute Gasteiger partial charge is 0.187 e. The van der Waals surface area contributed by atoms with E-state index in [1.165, 1.54) is 24.1 Å². The van der Waals surface area contributed by atoms with E-state index in [4.69, 9.17) is 4.98 Å². The Kier molecular flexibility index (Phi) is 6.85. The highest BCUT2D eigenvalue weighted by Gasteiger charge is 2.10. The first kappa shape index (κ1) is 22.0. The zero-order chi connectivity index (χ0) is 22.5. The second-order valence-corrected chi connectivity index (χ2v) is 8.78. The Balaban J connectivity index is 1.50. The van der Waals surface area contributed by atoms with Crippen LogP contribution in [0.25, 0.3) is 17.1 Å². The maximum atomic E-state index is 4.80. The minimum atomic E-state index is 0.846. The van der Waals surface area contributed by atoms with Crippen LogP contribution < -0.4 is 10.2 Å². The lowest BCUT2D eigenvalue weighted by Crippen LogP contribution is -2.23. The van der Waals surface area contributed by atoms with Gasteiger partial charge in [-0.1, -0.05) is 19.4 Å². The molecule has 0 saturated carbocycles. The average molecular weight is 447 g/mol. The average Bonchev–Trinajstić information content (AvgIpc) is 3.45. The third kappa shape index (κ3) is 4.99. The maximum Gasteiger partial charge on any atom is 0.187 e. The first-order valence-corrected chi connectivity index (χ1v) is 12.0. The van der Waals surface area contributed by atoms with Crippen molar-refractivity contribution in [2.75, 3.05) is 23.3 Å². The van der Waals surface area contributed by atoms with Gasteiger partial charge in [-0.3, -0.25) is 4.57 Å². The van der Waals surface area contributed by atoms with Gasteiger partial charge in [-0.25, -0.2) is 15.0 Å². The summed E-state index contributed by atoms with van der Waals surface area (Å²) in [6.07, 6.45) is 8.01. The number of hydrogen-bond donors (Lipinski definition) is 1. The summed E-state index contributed by atoms with van der Waals surface area (Å²) in [4.78, 5) is 16.1. The zero-order valence-electron chi connectivity index (χ0n) is 19.2. The number of imidazole rings is 1. The van der Waals surface area contributed by atoms with E-state index < -0.39 is 0 Å². The topological polar surface area (TPSA) is 58.9 Å². The summed E-state index contributed by atoms with van der Waals surface area (Å²) in [5.41, 5.74) is 6.45. The van der Waals surface area contributed by atoms with Crippen molar-refractivity contribution in [2.24, 2.45) is 0 Å². The van der Waals surface area contributed by atoms with Crippen LogP contribution in [0.15, 0.2) is 54.4 Å². The molecule has 6 nitrogen and oxygen atoms in total. The van der Waals surface area contributed by atoms with Crippen molar-refractivity contribution in [3.05, 3.63) is 65.7 Å². The number of thiazole rings is 1. The lowest BCUT2D eigenvalue weighted by Gasteiger charge is -2.24. The molecule has 0 aliphatic heterocycles. The number of hydrogen-bond acceptors (Lipinski definition) is 6. The molecule has 0 aliphatic rings. The molecule has 0 amide bonds. The van der Waals surface area contributed by atoms with E-state index in [1.54, 1.807) is 17.7 Å². The number of anilines is 3. The van der Waals surface area contributed by atoms with Crippen LogP contribution in [0.5, 0.6) is 0 Å². The normalized spacial score (nSPS) is 11.0. The molecule has 0 atom stereocenters. The molecule has 32 heavy (non-hydrogen) atoms. The van der Waals surface area contributed by atoms with E-state index in [-0.39, 0.29) is 0 Å². The molecule has 0 saturated heterocycles. The molecule has 0 fully saturated rings. The quantitative estimate of drug-likeness (QED) is 0.323. The molecule has 3 aromatic heterocycles. The summed E-state index contributed by atoms with van der Waals surface area (Å²) in [7, 11) is 0. The standard InChI is InChI=1S/C25H30N6S/c1-5-7-12-30(6-2)21-10-8-18(3)22(13-21)28-25-29-23(16-32-25)20-9-11-24(26-14-20)31-15-19(4)27-17-31/h8-11,13-17H,5-7,12H2,1-4H3,(H,28,29). The second-order valence-electron chi connectivity index (χ2n) is 7.92. The minimum absolute atomic E-state index is 0.846. The van der Waals surface area contributed by atoms with Crippen molar-refractivity contribution in [3.63, 3.8) is 0 Å². The van der Waals surface area contributed by atoms with Gasteiger partial charge in [-0.15, -0.1) is 11.3 Å². The lowest BCUT2D eigenvalue weighted by molar-refractivity contribution is 0.732. The number of unbranched alkanes of at least 4 members (excludes halogenated alkanes) is 1. The molecule has 3 heterocycles. The third-order valence-electron chi connectivity index (χ3n) is 5.52. The summed E-state index contributed by atoms with van der Waals surface area (Å²) in [5.74, 6) is 0.846. The summed E-state index contributed by atoms with van der Waals surface area (Å²) in [5, 5.41) is 6.48. The minimum Gasteiger partial charge on any atom is -0.372 e. The Morgan fingerprint density at radius 1 is 1.09 bits per heavy atom. The van der Waals surface area contributed by atoms with Gasteiger partial charge in [0.15, 0.2) is 5.13 Å². The molecule has 7 heteroatoms. The Morgan fingerprint density at radius 3 is 2.66 bits per heavy atom. The van der Waals surface area contributed by atoms with Crippen LogP contribution in [0.4, 0.5) is 16.5 Å². The van der Waals surface area contributed by atoms with Gasteiger partial charge in [-0.05, 0) is 57.0 Å². The van der Waals surface area contributed by atoms with Crippen molar-refractivity contribution in [2.45, 2.75) is 40.5 Å². The maximum absolute atomic E-state index is 4.80. The SMILES string of the molecule is CCCCN(CC)c1ccc(C)c(Nc2nc(-c3ccc(-n4cnc(C)c4)nc3)cs2)c1. The molecule has 0 spiro atoms. The van der Waals surface area contributed by atoms with Crippen molar-refractivity contribution < 1.29 is 0 Å². The number of rotatable bonds is 9. The van der Waals surface area contributed by atoms with Crippen molar-refractivity contribution in [3.8, 4) is 17.1 Å². The van der Waals surface area contributed by atoms with Crippen LogP contribution in [0.2, 0.25) is 0 Å². The molecule has 0 radical (unpaired) electrons. The second kappa shape index (κ2) is 9.96. The van der Waals surface area contributed by atoms with Crippen LogP contribution in [0.3, 0.4) is 0 Å². The highest BCUT2D eigenvalue weighted by molar-refractivity contribution is 7.14. The highest BCUT2D eigenvalue weighted by atomic mass is 32.1. The fraction of sp³-hybridized carbons (Fsp3) is 0.320. The van der Waals surface area contributed by atoms with Gasteiger partial charge in [0.05, 0.1) is 11.4 Å². The summed E-state index contributed by atoms with van der Waals surface area (Å²) >= 11 is 1.61. The molecule has 0 aliphatic carbocycles. The van der Waals surface area contributed by atoms with Crippen LogP contribution in [0.1, 0.15) is 37.9 Å². The largest absolute Gasteiger partial charge is 0.372 e. The van der Waals surface area contributed by atoms with E-state index in [0.29, 0.717) is 0 Å². The van der Waals surface area contributed by atoms with Crippen LogP contribution in [-0.4, -0.2) is 32.6 Å². The lowest BCUT2D eigenvalue weighted by atomic mass is 10.1. The van der Waals surface area contributed by atoms with E-state index in [0.717, 1.165) is 46.7 Å². The molecule has 0 unspecified atom stereocenters. The monoisotopic (exact) mass is 446 g/mol. The Hall–Kier alpha value is -3.19. The van der Waals surface area contributed by atoms with Gasteiger partial charge in [0, 0.05) is 47.8 Å². The number of nitrogens with zero attached hydrogens (tertiary/aromatic N) is 5. The van der Waals surface area contributed by atoms with Crippen molar-refractivity contribution in [1.82, 2.24) is 19.5 Å². The van der Waals surface area contributed by atoms with Crippen LogP contribution in [0, 0.1) is 13.8 Å². The predicted molar refractivity (Wildman–Crippen MR) is 134 cm³/mol. The molecule has 4 aromatic rings. The Morgan fingerprint density at radius 2 is 1.97 bits per heavy atom. The number of aryl methyl sites for hydroxylation is 2. The first-order chi connectivity index (χ1) is 15.6. The Bertz CT molecular complexity index is 1160. The van der Waals surface area contributed by atoms with Crippen LogP contribution >= 0.6 is 11.3 Å². The van der Waals surface area contributed by atoms with E-state index >= 15 is 0 Å². The van der Waals surface area contributed by atoms with Gasteiger partial charge in [0.25, 0.3) is 0 Å². The fourth-order valence-electron chi connectivity index (χ4n) is 3.58.